The van der Waals surface area contributed by atoms with Crippen molar-refractivity contribution in [2.24, 2.45) is 0 Å². The first-order valence-electron chi connectivity index (χ1n) is 7.28. The third-order valence-corrected chi connectivity index (χ3v) is 3.32. The monoisotopic (exact) mass is 272 g/mol. The second-order valence-corrected chi connectivity index (χ2v) is 7.78. The van der Waals surface area contributed by atoms with E-state index in [0.29, 0.717) is 6.04 Å². The fraction of sp³-hybridized carbons (Fsp3) is 1.00. The van der Waals surface area contributed by atoms with Gasteiger partial charge in [0.2, 0.25) is 0 Å². The lowest BCUT2D eigenvalue weighted by Crippen LogP contribution is -2.63. The molecule has 4 nitrogen and oxygen atoms in total. The summed E-state index contributed by atoms with van der Waals surface area (Å²) in [4.78, 5) is 2.40. The number of hydrogen-bond acceptors (Lipinski definition) is 4. The predicted octanol–water partition coefficient (Wildman–Crippen LogP) is 1.62. The van der Waals surface area contributed by atoms with E-state index < -0.39 is 0 Å². The molecule has 0 spiro atoms. The first-order chi connectivity index (χ1) is 8.47. The fourth-order valence-corrected chi connectivity index (χ4v) is 3.39. The Morgan fingerprint density at radius 2 is 1.68 bits per heavy atom. The molecule has 0 radical (unpaired) electrons. The molecular formula is C15H32N2O2. The van der Waals surface area contributed by atoms with Crippen molar-refractivity contribution in [1.82, 2.24) is 10.2 Å². The van der Waals surface area contributed by atoms with E-state index in [4.69, 9.17) is 4.74 Å². The molecular weight excluding hydrogens is 240 g/mol. The van der Waals surface area contributed by atoms with Crippen molar-refractivity contribution < 1.29 is 9.84 Å². The topological polar surface area (TPSA) is 44.7 Å². The van der Waals surface area contributed by atoms with Crippen LogP contribution < -0.4 is 5.32 Å². The molecule has 0 aromatic carbocycles. The van der Waals surface area contributed by atoms with Crippen LogP contribution in [0, 0.1) is 0 Å². The molecule has 1 aliphatic rings. The van der Waals surface area contributed by atoms with Crippen LogP contribution in [0.15, 0.2) is 0 Å². The smallest absolute Gasteiger partial charge is 0.0760 e. The van der Waals surface area contributed by atoms with E-state index in [9.17, 15) is 5.11 Å². The average molecular weight is 272 g/mol. The number of hydrogen-bond donors (Lipinski definition) is 2. The van der Waals surface area contributed by atoms with Gasteiger partial charge in [-0.25, -0.2) is 0 Å². The SMILES string of the molecule is CC(C)NC(C)(CO)CN1CC(C)(C)OC(C)(C)C1. The predicted molar refractivity (Wildman–Crippen MR) is 79.4 cm³/mol. The maximum atomic E-state index is 9.70. The van der Waals surface area contributed by atoms with Gasteiger partial charge in [-0.3, -0.25) is 4.90 Å². The average Bonchev–Trinajstić information content (AvgIpc) is 2.10. The summed E-state index contributed by atoms with van der Waals surface area (Å²) >= 11 is 0. The Hall–Kier alpha value is -0.160. The molecule has 0 saturated carbocycles. The van der Waals surface area contributed by atoms with Gasteiger partial charge in [0, 0.05) is 25.7 Å². The molecule has 1 unspecified atom stereocenters. The van der Waals surface area contributed by atoms with Crippen LogP contribution in [-0.2, 0) is 4.74 Å². The zero-order valence-corrected chi connectivity index (χ0v) is 13.7. The summed E-state index contributed by atoms with van der Waals surface area (Å²) in [6, 6.07) is 0.360. The Morgan fingerprint density at radius 1 is 1.21 bits per heavy atom. The molecule has 19 heavy (non-hydrogen) atoms. The number of aliphatic hydroxyl groups excluding tert-OH is 1. The summed E-state index contributed by atoms with van der Waals surface area (Å²) in [5.41, 5.74) is -0.552. The van der Waals surface area contributed by atoms with Crippen molar-refractivity contribution in [1.29, 1.82) is 0 Å². The minimum Gasteiger partial charge on any atom is -0.394 e. The maximum Gasteiger partial charge on any atom is 0.0760 e. The summed E-state index contributed by atoms with van der Waals surface area (Å²) in [6.45, 7) is 17.6. The summed E-state index contributed by atoms with van der Waals surface area (Å²) in [7, 11) is 0. The number of rotatable bonds is 5. The van der Waals surface area contributed by atoms with Crippen LogP contribution in [0.5, 0.6) is 0 Å². The Bertz CT molecular complexity index is 287. The highest BCUT2D eigenvalue weighted by atomic mass is 16.5. The van der Waals surface area contributed by atoms with Crippen molar-refractivity contribution in [3.63, 3.8) is 0 Å². The highest BCUT2D eigenvalue weighted by Crippen LogP contribution is 2.28. The molecule has 1 heterocycles. The van der Waals surface area contributed by atoms with Crippen molar-refractivity contribution >= 4 is 0 Å². The normalized spacial score (nSPS) is 26.4. The molecule has 114 valence electrons. The molecule has 1 aliphatic heterocycles. The van der Waals surface area contributed by atoms with Crippen LogP contribution in [0.4, 0.5) is 0 Å². The van der Waals surface area contributed by atoms with Gasteiger partial charge in [0.25, 0.3) is 0 Å². The fourth-order valence-electron chi connectivity index (χ4n) is 3.39. The van der Waals surface area contributed by atoms with Gasteiger partial charge in [-0.2, -0.15) is 0 Å². The third kappa shape index (κ3) is 5.38. The van der Waals surface area contributed by atoms with Crippen LogP contribution in [0.2, 0.25) is 0 Å². The first kappa shape index (κ1) is 16.9. The van der Waals surface area contributed by atoms with Crippen molar-refractivity contribution in [2.75, 3.05) is 26.2 Å². The van der Waals surface area contributed by atoms with Gasteiger partial charge in [-0.05, 0) is 34.6 Å². The number of nitrogens with zero attached hydrogens (tertiary/aromatic N) is 1. The van der Waals surface area contributed by atoms with E-state index in [1.807, 2.05) is 0 Å². The van der Waals surface area contributed by atoms with Gasteiger partial charge in [0.1, 0.15) is 0 Å². The Kier molecular flexibility index (Phi) is 5.05. The number of nitrogens with one attached hydrogen (secondary N) is 1. The standard InChI is InChI=1S/C15H32N2O2/c1-12(2)16-15(7,11-18)10-17-8-13(3,4)19-14(5,6)9-17/h12,16,18H,8-11H2,1-7H3. The number of morpholine rings is 1. The van der Waals surface area contributed by atoms with E-state index in [-0.39, 0.29) is 23.3 Å². The molecule has 0 bridgehead atoms. The molecule has 0 aromatic heterocycles. The number of aliphatic hydroxyl groups is 1. The lowest BCUT2D eigenvalue weighted by atomic mass is 9.95. The molecule has 1 rings (SSSR count). The molecule has 0 aliphatic carbocycles. The minimum atomic E-state index is -0.266. The zero-order valence-electron chi connectivity index (χ0n) is 13.7. The zero-order chi connectivity index (χ0) is 14.9. The molecule has 1 saturated heterocycles. The van der Waals surface area contributed by atoms with Gasteiger partial charge in [0.05, 0.1) is 23.3 Å². The highest BCUT2D eigenvalue weighted by molar-refractivity contribution is 4.94. The summed E-state index contributed by atoms with van der Waals surface area (Å²) in [5, 5.41) is 13.2. The maximum absolute atomic E-state index is 9.70. The van der Waals surface area contributed by atoms with E-state index in [0.717, 1.165) is 19.6 Å². The Labute approximate surface area is 118 Å². The van der Waals surface area contributed by atoms with E-state index in [2.05, 4.69) is 58.7 Å². The van der Waals surface area contributed by atoms with E-state index in [1.54, 1.807) is 0 Å². The van der Waals surface area contributed by atoms with Crippen LogP contribution in [0.1, 0.15) is 48.5 Å². The second kappa shape index (κ2) is 5.68. The van der Waals surface area contributed by atoms with Crippen LogP contribution in [0.25, 0.3) is 0 Å². The van der Waals surface area contributed by atoms with E-state index >= 15 is 0 Å². The van der Waals surface area contributed by atoms with Crippen molar-refractivity contribution in [3.8, 4) is 0 Å². The van der Waals surface area contributed by atoms with Gasteiger partial charge >= 0.3 is 0 Å². The molecule has 0 aromatic rings. The Morgan fingerprint density at radius 3 is 2.05 bits per heavy atom. The van der Waals surface area contributed by atoms with Crippen molar-refractivity contribution in [2.45, 2.75) is 71.2 Å². The van der Waals surface area contributed by atoms with Crippen LogP contribution in [-0.4, -0.2) is 59.0 Å². The molecule has 1 atom stereocenters. The third-order valence-electron chi connectivity index (χ3n) is 3.32. The quantitative estimate of drug-likeness (QED) is 0.798. The minimum absolute atomic E-state index is 0.142. The Balaban J connectivity index is 2.74. The molecule has 2 N–H and O–H groups in total. The number of ether oxygens (including phenoxy) is 1. The summed E-state index contributed by atoms with van der Waals surface area (Å²) in [5.74, 6) is 0. The lowest BCUT2D eigenvalue weighted by Gasteiger charge is -2.49. The lowest BCUT2D eigenvalue weighted by molar-refractivity contribution is -0.183. The van der Waals surface area contributed by atoms with Crippen LogP contribution in [0.3, 0.4) is 0 Å². The van der Waals surface area contributed by atoms with Gasteiger partial charge < -0.3 is 15.2 Å². The summed E-state index contributed by atoms with van der Waals surface area (Å²) < 4.78 is 6.10. The van der Waals surface area contributed by atoms with E-state index in [1.165, 1.54) is 0 Å². The molecule has 0 amide bonds. The first-order valence-corrected chi connectivity index (χ1v) is 7.28. The highest BCUT2D eigenvalue weighted by Gasteiger charge is 2.40. The van der Waals surface area contributed by atoms with Gasteiger partial charge in [-0.15, -0.1) is 0 Å². The molecule has 4 heteroatoms. The van der Waals surface area contributed by atoms with Crippen molar-refractivity contribution in [3.05, 3.63) is 0 Å². The summed E-state index contributed by atoms with van der Waals surface area (Å²) in [6.07, 6.45) is 0. The largest absolute Gasteiger partial charge is 0.394 e. The van der Waals surface area contributed by atoms with Gasteiger partial charge in [0.15, 0.2) is 0 Å². The second-order valence-electron chi connectivity index (χ2n) is 7.78. The van der Waals surface area contributed by atoms with Crippen LogP contribution >= 0.6 is 0 Å². The van der Waals surface area contributed by atoms with Gasteiger partial charge in [-0.1, -0.05) is 13.8 Å². The molecule has 1 fully saturated rings.